The number of carboxylic acid groups (broad SMARTS) is 1. The van der Waals surface area contributed by atoms with E-state index in [2.05, 4.69) is 23.8 Å². The van der Waals surface area contributed by atoms with Crippen molar-refractivity contribution in [1.82, 2.24) is 9.55 Å². The molecule has 126 valence electrons. The molecule has 2 rings (SSSR count). The first-order valence-corrected chi connectivity index (χ1v) is 8.12. The Hall–Kier alpha value is -2.11. The van der Waals surface area contributed by atoms with Gasteiger partial charge in [0.25, 0.3) is 0 Å². The van der Waals surface area contributed by atoms with Crippen LogP contribution >= 0.6 is 0 Å². The quantitative estimate of drug-likeness (QED) is 0.808. The largest absolute Gasteiger partial charge is 0.481 e. The lowest BCUT2D eigenvalue weighted by Gasteiger charge is -2.23. The molecule has 0 amide bonds. The van der Waals surface area contributed by atoms with Crippen molar-refractivity contribution in [1.29, 1.82) is 0 Å². The van der Waals surface area contributed by atoms with Gasteiger partial charge >= 0.3 is 5.97 Å². The third-order valence-electron chi connectivity index (χ3n) is 4.30. The van der Waals surface area contributed by atoms with Gasteiger partial charge < -0.3 is 15.4 Å². The second-order valence-electron chi connectivity index (χ2n) is 6.74. The summed E-state index contributed by atoms with van der Waals surface area (Å²) in [6, 6.07) is 0. The summed E-state index contributed by atoms with van der Waals surface area (Å²) < 4.78 is 1.97. The number of allylic oxidation sites excluding steroid dienone is 1. The van der Waals surface area contributed by atoms with Gasteiger partial charge in [0.1, 0.15) is 11.7 Å². The van der Waals surface area contributed by atoms with Crippen molar-refractivity contribution in [3.63, 3.8) is 0 Å². The van der Waals surface area contributed by atoms with Crippen molar-refractivity contribution < 1.29 is 9.90 Å². The van der Waals surface area contributed by atoms with Gasteiger partial charge in [-0.1, -0.05) is 20.8 Å². The van der Waals surface area contributed by atoms with E-state index in [1.54, 1.807) is 12.5 Å². The van der Waals surface area contributed by atoms with Gasteiger partial charge in [-0.05, 0) is 30.8 Å². The number of carbonyl (C=O) groups is 1. The van der Waals surface area contributed by atoms with E-state index in [1.807, 2.05) is 23.8 Å². The lowest BCUT2D eigenvalue weighted by atomic mass is 9.84. The minimum absolute atomic E-state index is 0.0595. The number of aliphatic carboxylic acids is 1. The normalized spacial score (nSPS) is 22.2. The Balaban J connectivity index is 2.07. The first-order valence-electron chi connectivity index (χ1n) is 8.12. The molecule has 3 unspecified atom stereocenters. The lowest BCUT2D eigenvalue weighted by molar-refractivity contribution is -0.139. The van der Waals surface area contributed by atoms with Crippen LogP contribution in [0, 0.1) is 17.8 Å². The minimum atomic E-state index is -0.845. The predicted octanol–water partition coefficient (Wildman–Crippen LogP) is 2.62. The molecule has 6 nitrogen and oxygen atoms in total. The van der Waals surface area contributed by atoms with Crippen molar-refractivity contribution in [2.24, 2.45) is 28.5 Å². The van der Waals surface area contributed by atoms with E-state index in [1.165, 1.54) is 0 Å². The fourth-order valence-corrected chi connectivity index (χ4v) is 2.74. The summed E-state index contributed by atoms with van der Waals surface area (Å²) in [6.07, 6.45) is 8.76. The van der Waals surface area contributed by atoms with Gasteiger partial charge in [-0.15, -0.1) is 0 Å². The fourth-order valence-electron chi connectivity index (χ4n) is 2.74. The Morgan fingerprint density at radius 3 is 2.83 bits per heavy atom. The number of aliphatic imine (C=N–C) groups is 1. The van der Waals surface area contributed by atoms with Gasteiger partial charge in [0.15, 0.2) is 0 Å². The van der Waals surface area contributed by atoms with Gasteiger partial charge in [0.2, 0.25) is 0 Å². The highest BCUT2D eigenvalue weighted by Gasteiger charge is 2.29. The van der Waals surface area contributed by atoms with E-state index in [4.69, 9.17) is 5.73 Å². The van der Waals surface area contributed by atoms with Crippen LogP contribution in [0.2, 0.25) is 0 Å². The van der Waals surface area contributed by atoms with Crippen molar-refractivity contribution >= 4 is 12.2 Å². The van der Waals surface area contributed by atoms with Gasteiger partial charge in [-0.25, -0.2) is 9.98 Å². The summed E-state index contributed by atoms with van der Waals surface area (Å²) in [5, 5.41) is 9.59. The highest BCUT2D eigenvalue weighted by Crippen LogP contribution is 2.29. The second kappa shape index (κ2) is 7.44. The molecule has 0 aliphatic carbocycles. The summed E-state index contributed by atoms with van der Waals surface area (Å²) in [5.41, 5.74) is 6.30. The summed E-state index contributed by atoms with van der Waals surface area (Å²) >= 11 is 0. The molecule has 1 aromatic heterocycles. The molecule has 0 saturated heterocycles. The number of aryl methyl sites for hydroxylation is 1. The first kappa shape index (κ1) is 17.2. The molecule has 3 atom stereocenters. The molecule has 0 radical (unpaired) electrons. The molecule has 1 aromatic rings. The molecular formula is C17H26N4O2. The molecule has 23 heavy (non-hydrogen) atoms. The van der Waals surface area contributed by atoms with Crippen molar-refractivity contribution in [3.05, 3.63) is 30.1 Å². The van der Waals surface area contributed by atoms with E-state index in [0.29, 0.717) is 23.9 Å². The minimum Gasteiger partial charge on any atom is -0.481 e. The smallest absolute Gasteiger partial charge is 0.312 e. The molecule has 1 aliphatic rings. The van der Waals surface area contributed by atoms with E-state index < -0.39 is 11.9 Å². The second-order valence-corrected chi connectivity index (χ2v) is 6.74. The van der Waals surface area contributed by atoms with Crippen molar-refractivity contribution in [3.8, 4) is 0 Å². The van der Waals surface area contributed by atoms with Gasteiger partial charge in [-0.2, -0.15) is 0 Å². The molecule has 0 fully saturated rings. The summed E-state index contributed by atoms with van der Waals surface area (Å²) in [7, 11) is 0. The van der Waals surface area contributed by atoms with Gasteiger partial charge in [0.05, 0.1) is 12.0 Å². The van der Waals surface area contributed by atoms with Crippen LogP contribution in [0.5, 0.6) is 0 Å². The molecule has 2 heterocycles. The predicted molar refractivity (Wildman–Crippen MR) is 90.1 cm³/mol. The summed E-state index contributed by atoms with van der Waals surface area (Å²) in [6.45, 7) is 7.22. The van der Waals surface area contributed by atoms with Crippen LogP contribution in [0.3, 0.4) is 0 Å². The third-order valence-corrected chi connectivity index (χ3v) is 4.30. The topological polar surface area (TPSA) is 93.5 Å². The van der Waals surface area contributed by atoms with Crippen LogP contribution in [-0.4, -0.2) is 26.8 Å². The Labute approximate surface area is 137 Å². The fraction of sp³-hybridized carbons (Fsp3) is 0.588. The summed E-state index contributed by atoms with van der Waals surface area (Å²) in [4.78, 5) is 20.1. The van der Waals surface area contributed by atoms with Crippen LogP contribution in [0.15, 0.2) is 29.4 Å². The zero-order chi connectivity index (χ0) is 17.0. The highest BCUT2D eigenvalue weighted by atomic mass is 16.4. The Morgan fingerprint density at radius 1 is 1.48 bits per heavy atom. The molecule has 0 saturated carbocycles. The molecule has 1 aliphatic heterocycles. The zero-order valence-corrected chi connectivity index (χ0v) is 14.0. The number of nitrogens with two attached hydrogens (primary N) is 1. The maximum Gasteiger partial charge on any atom is 0.312 e. The first-order chi connectivity index (χ1) is 10.9. The molecule has 3 N–H and O–H groups in total. The zero-order valence-electron chi connectivity index (χ0n) is 14.0. The molecule has 6 heteroatoms. The van der Waals surface area contributed by atoms with Crippen molar-refractivity contribution in [2.45, 2.75) is 46.1 Å². The SMILES string of the molecule is CC(C)CCn1cnc(C(CC2C=NC(N)=CC2C)C(=O)O)c1. The molecule has 0 spiro atoms. The Morgan fingerprint density at radius 2 is 2.22 bits per heavy atom. The number of carboxylic acids is 1. The van der Waals surface area contributed by atoms with Gasteiger partial charge in [-0.3, -0.25) is 4.79 Å². The highest BCUT2D eigenvalue weighted by molar-refractivity contribution is 5.76. The van der Waals surface area contributed by atoms with Gasteiger partial charge in [0, 0.05) is 24.9 Å². The molecule has 0 bridgehead atoms. The summed E-state index contributed by atoms with van der Waals surface area (Å²) in [5.74, 6) is -0.128. The number of rotatable bonds is 7. The number of imidazole rings is 1. The number of hydrogen-bond donors (Lipinski definition) is 2. The van der Waals surface area contributed by atoms with Crippen LogP contribution < -0.4 is 5.73 Å². The standard InChI is InChI=1S/C17H26N4O2/c1-11(2)4-5-21-9-15(20-10-21)14(17(22)23)7-13-8-19-16(18)6-12(13)3/h6,8-14H,4-5,7,18H2,1-3H3,(H,22,23). The van der Waals surface area contributed by atoms with E-state index in [-0.39, 0.29) is 11.8 Å². The number of hydrogen-bond acceptors (Lipinski definition) is 4. The molecule has 0 aromatic carbocycles. The van der Waals surface area contributed by atoms with Crippen LogP contribution in [0.4, 0.5) is 0 Å². The Kier molecular flexibility index (Phi) is 5.58. The maximum absolute atomic E-state index is 11.7. The maximum atomic E-state index is 11.7. The molecular weight excluding hydrogens is 292 g/mol. The van der Waals surface area contributed by atoms with Crippen LogP contribution in [0.1, 0.15) is 45.2 Å². The average molecular weight is 318 g/mol. The van der Waals surface area contributed by atoms with Crippen LogP contribution in [-0.2, 0) is 11.3 Å². The van der Waals surface area contributed by atoms with Crippen LogP contribution in [0.25, 0.3) is 0 Å². The van der Waals surface area contributed by atoms with Crippen molar-refractivity contribution in [2.75, 3.05) is 0 Å². The third kappa shape index (κ3) is 4.68. The Bertz CT molecular complexity index is 603. The number of nitrogens with zero attached hydrogens (tertiary/aromatic N) is 3. The monoisotopic (exact) mass is 318 g/mol. The van der Waals surface area contributed by atoms with E-state index in [0.717, 1.165) is 13.0 Å². The van der Waals surface area contributed by atoms with E-state index in [9.17, 15) is 9.90 Å². The number of aromatic nitrogens is 2. The lowest BCUT2D eigenvalue weighted by Crippen LogP contribution is -2.23. The average Bonchev–Trinajstić information content (AvgIpc) is 2.92. The van der Waals surface area contributed by atoms with E-state index >= 15 is 0 Å².